The topological polar surface area (TPSA) is 52.0 Å². The van der Waals surface area contributed by atoms with Gasteiger partial charge in [0.1, 0.15) is 28.4 Å². The van der Waals surface area contributed by atoms with Crippen molar-refractivity contribution in [2.45, 2.75) is 20.4 Å². The van der Waals surface area contributed by atoms with Crippen molar-refractivity contribution >= 4 is 28.3 Å². The van der Waals surface area contributed by atoms with Crippen molar-refractivity contribution in [3.8, 4) is 5.75 Å². The Morgan fingerprint density at radius 3 is 2.71 bits per heavy atom. The van der Waals surface area contributed by atoms with Crippen LogP contribution in [0, 0.1) is 19.7 Å². The van der Waals surface area contributed by atoms with E-state index in [0.717, 1.165) is 16.6 Å². The number of fused-ring (bicyclic) bond motifs is 1. The zero-order chi connectivity index (χ0) is 17.3. The third kappa shape index (κ3) is 3.28. The molecule has 0 saturated heterocycles. The molecular weight excluding hydrogens is 331 g/mol. The maximum Gasteiger partial charge on any atom is 0.134 e. The first-order valence-electron chi connectivity index (χ1n) is 7.56. The maximum absolute atomic E-state index is 13.8. The minimum absolute atomic E-state index is 0.315. The SMILES string of the molecule is COc1cc(F)cc2c1cc(C)n2CCNc1cc(Cl)nc(C)n1. The molecule has 0 bridgehead atoms. The normalized spacial score (nSPS) is 11.0. The fourth-order valence-corrected chi connectivity index (χ4v) is 3.03. The number of nitrogens with one attached hydrogen (secondary N) is 1. The summed E-state index contributed by atoms with van der Waals surface area (Å²) >= 11 is 5.93. The van der Waals surface area contributed by atoms with Crippen molar-refractivity contribution in [3.05, 3.63) is 46.8 Å². The average molecular weight is 349 g/mol. The van der Waals surface area contributed by atoms with Crippen molar-refractivity contribution < 1.29 is 9.13 Å². The van der Waals surface area contributed by atoms with Crippen molar-refractivity contribution in [2.75, 3.05) is 19.0 Å². The summed E-state index contributed by atoms with van der Waals surface area (Å²) in [6, 6.07) is 6.60. The lowest BCUT2D eigenvalue weighted by Gasteiger charge is -2.11. The number of ether oxygens (including phenoxy) is 1. The molecule has 0 spiro atoms. The molecule has 3 aromatic rings. The highest BCUT2D eigenvalue weighted by Crippen LogP contribution is 2.30. The number of methoxy groups -OCH3 is 1. The number of nitrogens with zero attached hydrogens (tertiary/aromatic N) is 3. The van der Waals surface area contributed by atoms with Crippen LogP contribution in [0.1, 0.15) is 11.5 Å². The molecule has 7 heteroatoms. The van der Waals surface area contributed by atoms with Crippen LogP contribution in [0.5, 0.6) is 5.75 Å². The van der Waals surface area contributed by atoms with Crippen LogP contribution in [0.2, 0.25) is 5.15 Å². The van der Waals surface area contributed by atoms with Gasteiger partial charge in [0, 0.05) is 36.3 Å². The molecule has 2 aromatic heterocycles. The fourth-order valence-electron chi connectivity index (χ4n) is 2.81. The summed E-state index contributed by atoms with van der Waals surface area (Å²) in [7, 11) is 1.55. The number of rotatable bonds is 5. The molecule has 126 valence electrons. The monoisotopic (exact) mass is 348 g/mol. The molecule has 0 aliphatic carbocycles. The molecule has 0 aliphatic rings. The van der Waals surface area contributed by atoms with E-state index in [1.54, 1.807) is 20.1 Å². The molecule has 2 heterocycles. The second-order valence-corrected chi connectivity index (χ2v) is 5.92. The third-order valence-electron chi connectivity index (χ3n) is 3.82. The minimum Gasteiger partial charge on any atom is -0.496 e. The molecular formula is C17H18ClFN4O. The molecule has 0 fully saturated rings. The highest BCUT2D eigenvalue weighted by molar-refractivity contribution is 6.29. The summed E-state index contributed by atoms with van der Waals surface area (Å²) in [5.41, 5.74) is 1.84. The smallest absolute Gasteiger partial charge is 0.134 e. The molecule has 5 nitrogen and oxygen atoms in total. The second kappa shape index (κ2) is 6.65. The Morgan fingerprint density at radius 1 is 1.21 bits per heavy atom. The predicted molar refractivity (Wildman–Crippen MR) is 93.5 cm³/mol. The summed E-state index contributed by atoms with van der Waals surface area (Å²) < 4.78 is 21.1. The van der Waals surface area contributed by atoms with Gasteiger partial charge in [-0.2, -0.15) is 0 Å². The first-order valence-corrected chi connectivity index (χ1v) is 7.94. The van der Waals surface area contributed by atoms with Crippen LogP contribution in [-0.2, 0) is 6.54 Å². The summed E-state index contributed by atoms with van der Waals surface area (Å²) in [5.74, 6) is 1.51. The standard InChI is InChI=1S/C17H18ClFN4O/c1-10-6-13-14(7-12(19)8-15(13)24-3)23(10)5-4-20-17-9-16(18)21-11(2)22-17/h6-9H,4-5H2,1-3H3,(H,20,21,22). The first kappa shape index (κ1) is 16.5. The molecule has 3 rings (SSSR count). The Bertz CT molecular complexity index is 874. The molecule has 1 N–H and O–H groups in total. The van der Waals surface area contributed by atoms with Crippen LogP contribution < -0.4 is 10.1 Å². The van der Waals surface area contributed by atoms with Gasteiger partial charge < -0.3 is 14.6 Å². The van der Waals surface area contributed by atoms with Crippen LogP contribution in [-0.4, -0.2) is 28.2 Å². The third-order valence-corrected chi connectivity index (χ3v) is 4.02. The number of aromatic nitrogens is 3. The average Bonchev–Trinajstić information content (AvgIpc) is 2.82. The zero-order valence-corrected chi connectivity index (χ0v) is 14.5. The van der Waals surface area contributed by atoms with Crippen molar-refractivity contribution in [2.24, 2.45) is 0 Å². The predicted octanol–water partition coefficient (Wildman–Crippen LogP) is 3.96. The Kier molecular flexibility index (Phi) is 4.57. The number of anilines is 1. The number of hydrogen-bond donors (Lipinski definition) is 1. The van der Waals surface area contributed by atoms with E-state index in [0.29, 0.717) is 35.6 Å². The lowest BCUT2D eigenvalue weighted by Crippen LogP contribution is -2.12. The lowest BCUT2D eigenvalue weighted by atomic mass is 10.2. The van der Waals surface area contributed by atoms with Gasteiger partial charge in [-0.1, -0.05) is 11.6 Å². The van der Waals surface area contributed by atoms with E-state index in [1.807, 2.05) is 17.6 Å². The summed E-state index contributed by atoms with van der Waals surface area (Å²) in [4.78, 5) is 8.31. The quantitative estimate of drug-likeness (QED) is 0.709. The molecule has 24 heavy (non-hydrogen) atoms. The number of aryl methyl sites for hydroxylation is 2. The van der Waals surface area contributed by atoms with E-state index < -0.39 is 0 Å². The largest absolute Gasteiger partial charge is 0.496 e. The lowest BCUT2D eigenvalue weighted by molar-refractivity contribution is 0.416. The van der Waals surface area contributed by atoms with Gasteiger partial charge >= 0.3 is 0 Å². The fraction of sp³-hybridized carbons (Fsp3) is 0.294. The first-order chi connectivity index (χ1) is 11.5. The van der Waals surface area contributed by atoms with Gasteiger partial charge in [0.15, 0.2) is 0 Å². The van der Waals surface area contributed by atoms with E-state index in [-0.39, 0.29) is 5.82 Å². The molecule has 0 unspecified atom stereocenters. The van der Waals surface area contributed by atoms with E-state index in [9.17, 15) is 4.39 Å². The second-order valence-electron chi connectivity index (χ2n) is 5.53. The van der Waals surface area contributed by atoms with Crippen LogP contribution in [0.4, 0.5) is 10.2 Å². The van der Waals surface area contributed by atoms with Crippen molar-refractivity contribution in [1.82, 2.24) is 14.5 Å². The van der Waals surface area contributed by atoms with Gasteiger partial charge in [0.25, 0.3) is 0 Å². The van der Waals surface area contributed by atoms with Gasteiger partial charge in [0.05, 0.1) is 12.6 Å². The van der Waals surface area contributed by atoms with E-state index in [1.165, 1.54) is 12.1 Å². The minimum atomic E-state index is -0.315. The van der Waals surface area contributed by atoms with E-state index in [2.05, 4.69) is 15.3 Å². The molecule has 1 aromatic carbocycles. The molecule has 0 saturated carbocycles. The summed E-state index contributed by atoms with van der Waals surface area (Å²) in [5, 5.41) is 4.52. The molecule has 0 amide bonds. The highest BCUT2D eigenvalue weighted by atomic mass is 35.5. The Hall–Kier alpha value is -2.34. The Morgan fingerprint density at radius 2 is 2.00 bits per heavy atom. The van der Waals surface area contributed by atoms with E-state index in [4.69, 9.17) is 16.3 Å². The van der Waals surface area contributed by atoms with Crippen molar-refractivity contribution in [1.29, 1.82) is 0 Å². The number of hydrogen-bond acceptors (Lipinski definition) is 4. The van der Waals surface area contributed by atoms with Gasteiger partial charge in [-0.3, -0.25) is 0 Å². The van der Waals surface area contributed by atoms with Gasteiger partial charge in [-0.05, 0) is 26.0 Å². The highest BCUT2D eigenvalue weighted by Gasteiger charge is 2.12. The van der Waals surface area contributed by atoms with Gasteiger partial charge in [-0.15, -0.1) is 0 Å². The van der Waals surface area contributed by atoms with Gasteiger partial charge in [-0.25, -0.2) is 14.4 Å². The Balaban J connectivity index is 1.82. The maximum atomic E-state index is 13.8. The van der Waals surface area contributed by atoms with Crippen LogP contribution in [0.3, 0.4) is 0 Å². The van der Waals surface area contributed by atoms with E-state index >= 15 is 0 Å². The van der Waals surface area contributed by atoms with Crippen molar-refractivity contribution in [3.63, 3.8) is 0 Å². The van der Waals surface area contributed by atoms with Gasteiger partial charge in [0.2, 0.25) is 0 Å². The molecule has 0 radical (unpaired) electrons. The molecule has 0 aliphatic heterocycles. The number of halogens is 2. The van der Waals surface area contributed by atoms with Crippen LogP contribution >= 0.6 is 11.6 Å². The summed E-state index contributed by atoms with van der Waals surface area (Å²) in [6.45, 7) is 5.05. The zero-order valence-electron chi connectivity index (χ0n) is 13.7. The van der Waals surface area contributed by atoms with Crippen LogP contribution in [0.15, 0.2) is 24.3 Å². The Labute approximate surface area is 144 Å². The summed E-state index contributed by atoms with van der Waals surface area (Å²) in [6.07, 6.45) is 0. The molecule has 0 atom stereocenters. The number of benzene rings is 1. The van der Waals surface area contributed by atoms with Crippen LogP contribution in [0.25, 0.3) is 10.9 Å².